The van der Waals surface area contributed by atoms with E-state index < -0.39 is 5.60 Å². The maximum absolute atomic E-state index is 12.0. The number of carbonyl (C=O) groups excluding carboxylic acids is 1. The highest BCUT2D eigenvalue weighted by Crippen LogP contribution is 2.27. The number of ether oxygens (including phenoxy) is 1. The van der Waals surface area contributed by atoms with Crippen LogP contribution in [-0.2, 0) is 4.74 Å². The van der Waals surface area contributed by atoms with Crippen LogP contribution in [-0.4, -0.2) is 29.7 Å². The van der Waals surface area contributed by atoms with E-state index in [4.69, 9.17) is 10.5 Å². The highest BCUT2D eigenvalue weighted by molar-refractivity contribution is 5.68. The van der Waals surface area contributed by atoms with Crippen molar-refractivity contribution in [3.05, 3.63) is 35.9 Å². The zero-order chi connectivity index (χ0) is 16.2. The molecule has 2 rings (SSSR count). The van der Waals surface area contributed by atoms with Crippen molar-refractivity contribution in [2.24, 2.45) is 11.7 Å². The summed E-state index contributed by atoms with van der Waals surface area (Å²) in [5, 5.41) is 0. The van der Waals surface area contributed by atoms with Gasteiger partial charge in [0.1, 0.15) is 5.60 Å². The second kappa shape index (κ2) is 7.14. The second-order valence-corrected chi connectivity index (χ2v) is 7.16. The predicted octanol–water partition coefficient (Wildman–Crippen LogP) is 3.72. The lowest BCUT2D eigenvalue weighted by Crippen LogP contribution is -2.42. The smallest absolute Gasteiger partial charge is 0.410 e. The SMILES string of the molecule is CC(C)(C)OC(=O)N1CCC(CC(N)c2ccccc2)CC1. The number of nitrogens with zero attached hydrogens (tertiary/aromatic N) is 1. The summed E-state index contributed by atoms with van der Waals surface area (Å²) in [6.07, 6.45) is 2.78. The highest BCUT2D eigenvalue weighted by Gasteiger charge is 2.27. The molecule has 1 aliphatic rings. The van der Waals surface area contributed by atoms with Gasteiger partial charge in [-0.25, -0.2) is 4.79 Å². The van der Waals surface area contributed by atoms with E-state index in [0.717, 1.165) is 32.4 Å². The van der Waals surface area contributed by atoms with Gasteiger partial charge in [0, 0.05) is 19.1 Å². The van der Waals surface area contributed by atoms with E-state index in [2.05, 4.69) is 12.1 Å². The van der Waals surface area contributed by atoms with Gasteiger partial charge in [0.15, 0.2) is 0 Å². The summed E-state index contributed by atoms with van der Waals surface area (Å²) < 4.78 is 5.43. The lowest BCUT2D eigenvalue weighted by atomic mass is 9.88. The fraction of sp³-hybridized carbons (Fsp3) is 0.611. The molecule has 0 saturated carbocycles. The number of carbonyl (C=O) groups is 1. The van der Waals surface area contributed by atoms with Crippen LogP contribution in [0.25, 0.3) is 0 Å². The summed E-state index contributed by atoms with van der Waals surface area (Å²) in [6, 6.07) is 10.3. The van der Waals surface area contributed by atoms with E-state index in [9.17, 15) is 4.79 Å². The molecule has 1 saturated heterocycles. The first-order valence-electron chi connectivity index (χ1n) is 8.13. The molecule has 122 valence electrons. The van der Waals surface area contributed by atoms with Crippen molar-refractivity contribution in [2.45, 2.75) is 51.7 Å². The minimum Gasteiger partial charge on any atom is -0.444 e. The minimum absolute atomic E-state index is 0.0827. The summed E-state index contributed by atoms with van der Waals surface area (Å²) in [5.74, 6) is 0.578. The average molecular weight is 304 g/mol. The van der Waals surface area contributed by atoms with Gasteiger partial charge in [0.25, 0.3) is 0 Å². The molecule has 0 aromatic heterocycles. The molecule has 1 fully saturated rings. The Hall–Kier alpha value is -1.55. The summed E-state index contributed by atoms with van der Waals surface area (Å²) >= 11 is 0. The first-order valence-corrected chi connectivity index (χ1v) is 8.13. The van der Waals surface area contributed by atoms with Crippen molar-refractivity contribution in [3.8, 4) is 0 Å². The van der Waals surface area contributed by atoms with Crippen molar-refractivity contribution >= 4 is 6.09 Å². The molecule has 1 amide bonds. The zero-order valence-electron chi connectivity index (χ0n) is 13.9. The maximum atomic E-state index is 12.0. The standard InChI is InChI=1S/C18H28N2O2/c1-18(2,3)22-17(21)20-11-9-14(10-12-20)13-16(19)15-7-5-4-6-8-15/h4-8,14,16H,9-13,19H2,1-3H3. The minimum atomic E-state index is -0.427. The van der Waals surface area contributed by atoms with Gasteiger partial charge in [0.2, 0.25) is 0 Å². The van der Waals surface area contributed by atoms with Crippen LogP contribution in [0.1, 0.15) is 51.6 Å². The molecule has 0 radical (unpaired) electrons. The van der Waals surface area contributed by atoms with Crippen LogP contribution >= 0.6 is 0 Å². The van der Waals surface area contributed by atoms with Gasteiger partial charge >= 0.3 is 6.09 Å². The number of hydrogen-bond acceptors (Lipinski definition) is 3. The third-order valence-electron chi connectivity index (χ3n) is 4.08. The van der Waals surface area contributed by atoms with Crippen LogP contribution in [0.2, 0.25) is 0 Å². The number of amides is 1. The van der Waals surface area contributed by atoms with Gasteiger partial charge < -0.3 is 15.4 Å². The highest BCUT2D eigenvalue weighted by atomic mass is 16.6. The van der Waals surface area contributed by atoms with Crippen molar-refractivity contribution in [1.29, 1.82) is 0 Å². The Labute approximate surface area is 133 Å². The van der Waals surface area contributed by atoms with Crippen LogP contribution in [0.3, 0.4) is 0 Å². The quantitative estimate of drug-likeness (QED) is 0.926. The van der Waals surface area contributed by atoms with Crippen LogP contribution < -0.4 is 5.73 Å². The molecule has 22 heavy (non-hydrogen) atoms. The Kier molecular flexibility index (Phi) is 5.46. The van der Waals surface area contributed by atoms with E-state index in [1.54, 1.807) is 0 Å². The van der Waals surface area contributed by atoms with E-state index in [-0.39, 0.29) is 12.1 Å². The molecule has 0 bridgehead atoms. The topological polar surface area (TPSA) is 55.6 Å². The van der Waals surface area contributed by atoms with Crippen LogP contribution in [0.5, 0.6) is 0 Å². The zero-order valence-corrected chi connectivity index (χ0v) is 13.9. The fourth-order valence-electron chi connectivity index (χ4n) is 2.87. The number of hydrogen-bond donors (Lipinski definition) is 1. The van der Waals surface area contributed by atoms with Crippen molar-refractivity contribution in [2.75, 3.05) is 13.1 Å². The fourth-order valence-corrected chi connectivity index (χ4v) is 2.87. The molecule has 1 aromatic carbocycles. The number of benzene rings is 1. The molecule has 4 nitrogen and oxygen atoms in total. The van der Waals surface area contributed by atoms with Crippen molar-refractivity contribution < 1.29 is 9.53 Å². The van der Waals surface area contributed by atoms with E-state index in [1.165, 1.54) is 5.56 Å². The molecule has 1 heterocycles. The lowest BCUT2D eigenvalue weighted by Gasteiger charge is -2.34. The van der Waals surface area contributed by atoms with E-state index in [0.29, 0.717) is 5.92 Å². The van der Waals surface area contributed by atoms with Gasteiger partial charge in [-0.1, -0.05) is 30.3 Å². The molecule has 0 aliphatic carbocycles. The second-order valence-electron chi connectivity index (χ2n) is 7.16. The Balaban J connectivity index is 1.79. The molecule has 1 aliphatic heterocycles. The summed E-state index contributed by atoms with van der Waals surface area (Å²) in [5.41, 5.74) is 7.06. The molecule has 1 aromatic rings. The Morgan fingerprint density at radius 1 is 1.27 bits per heavy atom. The average Bonchev–Trinajstić information content (AvgIpc) is 2.47. The Bertz CT molecular complexity index is 474. The maximum Gasteiger partial charge on any atom is 0.410 e. The number of nitrogens with two attached hydrogens (primary N) is 1. The normalized spacial score (nSPS) is 18.1. The molecular weight excluding hydrogens is 276 g/mol. The van der Waals surface area contributed by atoms with Crippen molar-refractivity contribution in [1.82, 2.24) is 4.90 Å². The van der Waals surface area contributed by atoms with Gasteiger partial charge in [-0.2, -0.15) is 0 Å². The number of piperidine rings is 1. The lowest BCUT2D eigenvalue weighted by molar-refractivity contribution is 0.0179. The third-order valence-corrected chi connectivity index (χ3v) is 4.08. The molecule has 4 heteroatoms. The van der Waals surface area contributed by atoms with E-state index in [1.807, 2.05) is 43.9 Å². The molecular formula is C18H28N2O2. The monoisotopic (exact) mass is 304 g/mol. The molecule has 0 spiro atoms. The van der Waals surface area contributed by atoms with Crippen LogP contribution in [0, 0.1) is 5.92 Å². The van der Waals surface area contributed by atoms with Gasteiger partial charge in [-0.3, -0.25) is 0 Å². The largest absolute Gasteiger partial charge is 0.444 e. The van der Waals surface area contributed by atoms with Gasteiger partial charge in [0.05, 0.1) is 0 Å². The summed E-state index contributed by atoms with van der Waals surface area (Å²) in [7, 11) is 0. The van der Waals surface area contributed by atoms with Crippen molar-refractivity contribution in [3.63, 3.8) is 0 Å². The van der Waals surface area contributed by atoms with Gasteiger partial charge in [-0.05, 0) is 51.5 Å². The number of likely N-dealkylation sites (tertiary alicyclic amines) is 1. The number of rotatable bonds is 3. The Morgan fingerprint density at radius 2 is 1.86 bits per heavy atom. The summed E-state index contributed by atoms with van der Waals surface area (Å²) in [6.45, 7) is 7.23. The predicted molar refractivity (Wildman–Crippen MR) is 88.5 cm³/mol. The first-order chi connectivity index (χ1) is 10.3. The van der Waals surface area contributed by atoms with Crippen LogP contribution in [0.4, 0.5) is 4.79 Å². The van der Waals surface area contributed by atoms with Crippen LogP contribution in [0.15, 0.2) is 30.3 Å². The van der Waals surface area contributed by atoms with Gasteiger partial charge in [-0.15, -0.1) is 0 Å². The summed E-state index contributed by atoms with van der Waals surface area (Å²) in [4.78, 5) is 13.9. The third kappa shape index (κ3) is 5.02. The Morgan fingerprint density at radius 3 is 2.41 bits per heavy atom. The first kappa shape index (κ1) is 16.8. The van der Waals surface area contributed by atoms with E-state index >= 15 is 0 Å². The molecule has 1 atom stereocenters. The molecule has 1 unspecified atom stereocenters. The molecule has 2 N–H and O–H groups in total.